The Bertz CT molecular complexity index is 1260. The number of allylic oxidation sites excluding steroid dienone is 5. The van der Waals surface area contributed by atoms with Crippen molar-refractivity contribution in [3.63, 3.8) is 0 Å². The summed E-state index contributed by atoms with van der Waals surface area (Å²) in [6.45, 7) is 3.19. The Kier molecular flexibility index (Phi) is 36.2. The fourth-order valence-corrected chi connectivity index (χ4v) is 8.14. The molecule has 1 heterocycles. The molecule has 0 spiro atoms. The molecular formula is C48H89NO12S. The van der Waals surface area contributed by atoms with Crippen molar-refractivity contribution in [2.45, 2.75) is 249 Å². The van der Waals surface area contributed by atoms with E-state index in [1.54, 1.807) is 0 Å². The van der Waals surface area contributed by atoms with Gasteiger partial charge in [-0.2, -0.15) is 8.42 Å². The lowest BCUT2D eigenvalue weighted by atomic mass is 9.99. The maximum atomic E-state index is 13.1. The van der Waals surface area contributed by atoms with Crippen molar-refractivity contribution in [2.24, 2.45) is 0 Å². The number of aliphatic hydroxyl groups excluding tert-OH is 5. The quantitative estimate of drug-likeness (QED) is 0.0133. The number of nitrogens with one attached hydrogen (secondary N) is 1. The number of rotatable bonds is 41. The summed E-state index contributed by atoms with van der Waals surface area (Å²) >= 11 is 0. The second-order valence-electron chi connectivity index (χ2n) is 17.2. The molecule has 1 amide bonds. The average Bonchev–Trinajstić information content (AvgIpc) is 3.24. The lowest BCUT2D eigenvalue weighted by Crippen LogP contribution is -2.61. The minimum Gasteiger partial charge on any atom is -0.394 e. The van der Waals surface area contributed by atoms with E-state index >= 15 is 0 Å². The van der Waals surface area contributed by atoms with Crippen molar-refractivity contribution in [3.8, 4) is 0 Å². The third-order valence-electron chi connectivity index (χ3n) is 11.6. The number of unbranched alkanes of at least 4 members (excludes halogenated alkanes) is 25. The summed E-state index contributed by atoms with van der Waals surface area (Å²) in [6.07, 6.45) is 33.5. The Hall–Kier alpha value is -1.72. The first kappa shape index (κ1) is 58.3. The lowest BCUT2D eigenvalue weighted by Gasteiger charge is -2.41. The van der Waals surface area contributed by atoms with E-state index < -0.39 is 78.5 Å². The normalized spacial score (nSPS) is 21.3. The van der Waals surface area contributed by atoms with Gasteiger partial charge in [0.05, 0.1) is 25.4 Å². The Morgan fingerprint density at radius 1 is 0.661 bits per heavy atom. The molecule has 62 heavy (non-hydrogen) atoms. The Labute approximate surface area is 376 Å². The zero-order valence-electron chi connectivity index (χ0n) is 38.5. The lowest BCUT2D eigenvalue weighted by molar-refractivity contribution is -0.298. The van der Waals surface area contributed by atoms with Gasteiger partial charge in [0.25, 0.3) is 0 Å². The molecule has 1 saturated heterocycles. The predicted molar refractivity (Wildman–Crippen MR) is 247 cm³/mol. The Morgan fingerprint density at radius 2 is 1.10 bits per heavy atom. The van der Waals surface area contributed by atoms with E-state index in [4.69, 9.17) is 9.47 Å². The highest BCUT2D eigenvalue weighted by atomic mass is 32.3. The Morgan fingerprint density at radius 3 is 1.58 bits per heavy atom. The van der Waals surface area contributed by atoms with Crippen LogP contribution in [0.1, 0.15) is 200 Å². The molecular weight excluding hydrogens is 815 g/mol. The van der Waals surface area contributed by atoms with Crippen molar-refractivity contribution in [3.05, 3.63) is 36.5 Å². The van der Waals surface area contributed by atoms with Gasteiger partial charge >= 0.3 is 10.4 Å². The van der Waals surface area contributed by atoms with Crippen LogP contribution in [0.25, 0.3) is 0 Å². The second-order valence-corrected chi connectivity index (χ2v) is 18.3. The molecule has 7 N–H and O–H groups in total. The summed E-state index contributed by atoms with van der Waals surface area (Å²) in [5.74, 6) is -0.707. The molecule has 0 aromatic heterocycles. The molecule has 0 saturated carbocycles. The molecule has 0 aromatic carbocycles. The number of aliphatic hydroxyl groups is 5. The molecule has 0 radical (unpaired) electrons. The van der Waals surface area contributed by atoms with Gasteiger partial charge in [0, 0.05) is 0 Å². The molecule has 0 aromatic rings. The highest BCUT2D eigenvalue weighted by Crippen LogP contribution is 2.26. The first-order valence-electron chi connectivity index (χ1n) is 24.5. The molecule has 0 bridgehead atoms. The van der Waals surface area contributed by atoms with Gasteiger partial charge in [-0.3, -0.25) is 9.35 Å². The van der Waals surface area contributed by atoms with Crippen LogP contribution in [0, 0.1) is 0 Å². The second kappa shape index (κ2) is 38.5. The SMILES string of the molecule is CCCCC/C=C\C=C/CCCCCCCCCCCC(O)C(=O)NC(COC1OC(CO)C(O)C(OS(=O)(=O)O)C1O)C(O)/C=C/CCCCCCCCCCCCCCC. The third kappa shape index (κ3) is 30.4. The van der Waals surface area contributed by atoms with E-state index in [-0.39, 0.29) is 6.42 Å². The van der Waals surface area contributed by atoms with Gasteiger partial charge in [-0.25, -0.2) is 4.18 Å². The summed E-state index contributed by atoms with van der Waals surface area (Å²) in [5.41, 5.74) is 0. The monoisotopic (exact) mass is 904 g/mol. The first-order valence-corrected chi connectivity index (χ1v) is 25.9. The summed E-state index contributed by atoms with van der Waals surface area (Å²) in [4.78, 5) is 13.1. The molecule has 13 nitrogen and oxygen atoms in total. The number of hydrogen-bond donors (Lipinski definition) is 7. The van der Waals surface area contributed by atoms with Gasteiger partial charge in [-0.05, 0) is 44.9 Å². The van der Waals surface area contributed by atoms with Crippen LogP contribution in [0.5, 0.6) is 0 Å². The minimum atomic E-state index is -5.12. The van der Waals surface area contributed by atoms with Crippen molar-refractivity contribution >= 4 is 16.3 Å². The summed E-state index contributed by atoms with van der Waals surface area (Å²) in [6, 6.07) is -1.12. The van der Waals surface area contributed by atoms with E-state index in [9.17, 15) is 43.3 Å². The zero-order valence-corrected chi connectivity index (χ0v) is 39.4. The van der Waals surface area contributed by atoms with Crippen LogP contribution in [0.3, 0.4) is 0 Å². The van der Waals surface area contributed by atoms with E-state index in [2.05, 4.69) is 47.7 Å². The van der Waals surface area contributed by atoms with Gasteiger partial charge < -0.3 is 40.3 Å². The van der Waals surface area contributed by atoms with Gasteiger partial charge in [-0.1, -0.05) is 192 Å². The van der Waals surface area contributed by atoms with E-state index in [1.165, 1.54) is 115 Å². The maximum absolute atomic E-state index is 13.1. The minimum absolute atomic E-state index is 0.237. The number of amides is 1. The van der Waals surface area contributed by atoms with Gasteiger partial charge in [0.1, 0.15) is 30.5 Å². The largest absolute Gasteiger partial charge is 0.397 e. The zero-order chi connectivity index (χ0) is 45.7. The van der Waals surface area contributed by atoms with E-state index in [1.807, 2.05) is 6.08 Å². The van der Waals surface area contributed by atoms with Crippen LogP contribution in [0.2, 0.25) is 0 Å². The van der Waals surface area contributed by atoms with Crippen LogP contribution >= 0.6 is 0 Å². The molecule has 8 atom stereocenters. The number of ether oxygens (including phenoxy) is 2. The summed E-state index contributed by atoms with van der Waals surface area (Å²) in [7, 11) is -5.12. The molecule has 1 rings (SSSR count). The topological polar surface area (TPSA) is 212 Å². The highest BCUT2D eigenvalue weighted by molar-refractivity contribution is 7.80. The highest BCUT2D eigenvalue weighted by Gasteiger charge is 2.48. The van der Waals surface area contributed by atoms with Crippen LogP contribution in [0.15, 0.2) is 36.5 Å². The summed E-state index contributed by atoms with van der Waals surface area (Å²) in [5, 5.41) is 55.3. The van der Waals surface area contributed by atoms with E-state index in [0.717, 1.165) is 57.8 Å². The van der Waals surface area contributed by atoms with Gasteiger partial charge in [0.15, 0.2) is 6.29 Å². The van der Waals surface area contributed by atoms with Crippen molar-refractivity contribution in [2.75, 3.05) is 13.2 Å². The molecule has 1 aliphatic rings. The van der Waals surface area contributed by atoms with Crippen LogP contribution < -0.4 is 5.32 Å². The Balaban J connectivity index is 2.55. The standard InChI is InChI=1S/C48H89NO12S/c1-3-5-7-9-11-13-15-17-19-20-21-23-25-27-29-31-33-35-37-42(52)47(55)49-40(39-59-48-45(54)46(61-62(56,57)58)44(53)43(38-50)60-48)41(51)36-34-32-30-28-26-24-22-18-16-14-12-10-8-6-4-2/h11,13,15,17,34,36,40-46,48,50-54H,3-10,12,14,16,18-33,35,37-39H2,1-2H3,(H,49,55)(H,56,57,58)/b13-11-,17-15-,36-34+. The van der Waals surface area contributed by atoms with Crippen molar-refractivity contribution in [1.82, 2.24) is 5.32 Å². The first-order chi connectivity index (χ1) is 29.9. The van der Waals surface area contributed by atoms with Gasteiger partial charge in [0.2, 0.25) is 5.91 Å². The molecule has 1 fully saturated rings. The fraction of sp³-hybridized carbons (Fsp3) is 0.854. The van der Waals surface area contributed by atoms with Crippen LogP contribution in [0.4, 0.5) is 0 Å². The average molecular weight is 904 g/mol. The third-order valence-corrected chi connectivity index (χ3v) is 12.0. The number of carbonyl (C=O) groups excluding carboxylic acids is 1. The van der Waals surface area contributed by atoms with Gasteiger partial charge in [-0.15, -0.1) is 0 Å². The summed E-state index contributed by atoms with van der Waals surface area (Å²) < 4.78 is 47.6. The predicted octanol–water partition coefficient (Wildman–Crippen LogP) is 8.86. The number of carbonyl (C=O) groups is 1. The molecule has 1 aliphatic heterocycles. The van der Waals surface area contributed by atoms with Crippen molar-refractivity contribution in [1.29, 1.82) is 0 Å². The van der Waals surface area contributed by atoms with E-state index in [0.29, 0.717) is 12.8 Å². The van der Waals surface area contributed by atoms with Crippen LogP contribution in [-0.2, 0) is 28.9 Å². The fourth-order valence-electron chi connectivity index (χ4n) is 7.63. The number of hydrogen-bond acceptors (Lipinski definition) is 11. The maximum Gasteiger partial charge on any atom is 0.397 e. The molecule has 14 heteroatoms. The van der Waals surface area contributed by atoms with Crippen LogP contribution in [-0.4, -0.2) is 107 Å². The smallest absolute Gasteiger partial charge is 0.394 e. The molecule has 364 valence electrons. The molecule has 0 aliphatic carbocycles. The molecule has 8 unspecified atom stereocenters. The van der Waals surface area contributed by atoms with Crippen molar-refractivity contribution < 1.29 is 57.0 Å².